The van der Waals surface area contributed by atoms with Gasteiger partial charge < -0.3 is 10.3 Å². The van der Waals surface area contributed by atoms with Gasteiger partial charge in [0.05, 0.1) is 0 Å². The summed E-state index contributed by atoms with van der Waals surface area (Å²) in [4.78, 5) is 0. The van der Waals surface area contributed by atoms with Crippen molar-refractivity contribution < 1.29 is 0 Å². The van der Waals surface area contributed by atoms with Gasteiger partial charge in [0.25, 0.3) is 0 Å². The molecule has 0 aromatic heterocycles. The molecule has 3 rings (SSSR count). The van der Waals surface area contributed by atoms with Crippen molar-refractivity contribution in [3.63, 3.8) is 0 Å². The zero-order valence-corrected chi connectivity index (χ0v) is 12.3. The molecule has 0 aliphatic heterocycles. The molecular formula is C19H22NO-. The lowest BCUT2D eigenvalue weighted by atomic mass is 9.91. The highest BCUT2D eigenvalue weighted by atomic mass is 16.5. The average molecular weight is 280 g/mol. The van der Waals surface area contributed by atoms with Crippen LogP contribution in [0.25, 0.3) is 0 Å². The van der Waals surface area contributed by atoms with Gasteiger partial charge in [0.15, 0.2) is 0 Å². The van der Waals surface area contributed by atoms with Crippen LogP contribution in [0.2, 0.25) is 0 Å². The Bertz CT molecular complexity index is 534. The van der Waals surface area contributed by atoms with E-state index in [1.54, 1.807) is 0 Å². The second kappa shape index (κ2) is 6.88. The summed E-state index contributed by atoms with van der Waals surface area (Å²) >= 11 is 0. The number of hydrogen-bond acceptors (Lipinski definition) is 2. The van der Waals surface area contributed by atoms with Crippen molar-refractivity contribution in [3.8, 4) is 0 Å². The minimum absolute atomic E-state index is 0.00564. The predicted molar refractivity (Wildman–Crippen MR) is 86.5 cm³/mol. The highest BCUT2D eigenvalue weighted by Gasteiger charge is 2.27. The van der Waals surface area contributed by atoms with E-state index in [1.165, 1.54) is 30.7 Å². The van der Waals surface area contributed by atoms with Gasteiger partial charge in [-0.2, -0.15) is 0 Å². The summed E-state index contributed by atoms with van der Waals surface area (Å²) in [5.74, 6) is 0.494. The van der Waals surface area contributed by atoms with E-state index in [-0.39, 0.29) is 6.04 Å². The largest absolute Gasteiger partial charge is 0.784 e. The molecule has 1 aliphatic rings. The fourth-order valence-electron chi connectivity index (χ4n) is 3.46. The summed E-state index contributed by atoms with van der Waals surface area (Å²) in [5.41, 5.74) is 2.25. The van der Waals surface area contributed by atoms with Gasteiger partial charge in [-0.25, -0.2) is 0 Å². The number of hydroxylamine groups is 2. The molecule has 2 heteroatoms. The maximum atomic E-state index is 12.8. The normalized spacial score (nSPS) is 17.2. The molecule has 1 atom stereocenters. The third-order valence-corrected chi connectivity index (χ3v) is 4.48. The van der Waals surface area contributed by atoms with Gasteiger partial charge in [0.1, 0.15) is 0 Å². The molecule has 0 N–H and O–H groups in total. The molecule has 1 fully saturated rings. The van der Waals surface area contributed by atoms with Crippen LogP contribution in [0.5, 0.6) is 0 Å². The van der Waals surface area contributed by atoms with Gasteiger partial charge in [0.2, 0.25) is 0 Å². The molecular weight excluding hydrogens is 258 g/mol. The lowest BCUT2D eigenvalue weighted by Gasteiger charge is -2.41. The minimum atomic E-state index is -0.00564. The second-order valence-corrected chi connectivity index (χ2v) is 5.96. The first-order valence-corrected chi connectivity index (χ1v) is 7.87. The first kappa shape index (κ1) is 14.3. The van der Waals surface area contributed by atoms with Crippen molar-refractivity contribution in [2.45, 2.75) is 38.3 Å². The van der Waals surface area contributed by atoms with Gasteiger partial charge in [0, 0.05) is 12.6 Å². The summed E-state index contributed by atoms with van der Waals surface area (Å²) in [6.45, 7) is 0.469. The van der Waals surface area contributed by atoms with Crippen molar-refractivity contribution in [2.24, 2.45) is 5.92 Å². The van der Waals surface area contributed by atoms with Crippen LogP contribution in [0.3, 0.4) is 0 Å². The number of rotatable bonds is 5. The maximum absolute atomic E-state index is 12.8. The van der Waals surface area contributed by atoms with Gasteiger partial charge in [-0.05, 0) is 29.9 Å². The van der Waals surface area contributed by atoms with Crippen molar-refractivity contribution in [1.82, 2.24) is 5.06 Å². The van der Waals surface area contributed by atoms with E-state index in [1.807, 2.05) is 48.5 Å². The molecule has 21 heavy (non-hydrogen) atoms. The lowest BCUT2D eigenvalue weighted by Crippen LogP contribution is -2.28. The first-order chi connectivity index (χ1) is 10.3. The molecule has 110 valence electrons. The van der Waals surface area contributed by atoms with E-state index >= 15 is 0 Å². The summed E-state index contributed by atoms with van der Waals surface area (Å²) in [7, 11) is 0. The number of benzene rings is 2. The highest BCUT2D eigenvalue weighted by Crippen LogP contribution is 2.39. The van der Waals surface area contributed by atoms with Crippen LogP contribution in [-0.2, 0) is 6.54 Å². The first-order valence-electron chi connectivity index (χ1n) is 7.87. The predicted octanol–water partition coefficient (Wildman–Crippen LogP) is 4.92. The van der Waals surface area contributed by atoms with Crippen LogP contribution < -0.4 is 0 Å². The van der Waals surface area contributed by atoms with Gasteiger partial charge in [-0.1, -0.05) is 73.5 Å². The summed E-state index contributed by atoms with van der Waals surface area (Å²) in [6.07, 6.45) is 4.86. The van der Waals surface area contributed by atoms with Gasteiger partial charge >= 0.3 is 0 Å². The number of nitrogens with zero attached hydrogens (tertiary/aromatic N) is 1. The Hall–Kier alpha value is -1.64. The van der Waals surface area contributed by atoms with Crippen molar-refractivity contribution in [1.29, 1.82) is 0 Å². The average Bonchev–Trinajstić information content (AvgIpc) is 3.03. The third-order valence-electron chi connectivity index (χ3n) is 4.48. The SMILES string of the molecule is [O-]N(Cc1ccccc1)C(c1ccccc1)C1CCCC1. The van der Waals surface area contributed by atoms with Crippen LogP contribution in [0.4, 0.5) is 0 Å². The van der Waals surface area contributed by atoms with Gasteiger partial charge in [-0.15, -0.1) is 0 Å². The van der Waals surface area contributed by atoms with Crippen LogP contribution in [0.15, 0.2) is 60.7 Å². The zero-order chi connectivity index (χ0) is 14.5. The van der Waals surface area contributed by atoms with E-state index < -0.39 is 0 Å². The van der Waals surface area contributed by atoms with Crippen LogP contribution in [-0.4, -0.2) is 5.06 Å². The fourth-order valence-corrected chi connectivity index (χ4v) is 3.46. The van der Waals surface area contributed by atoms with E-state index in [2.05, 4.69) is 12.1 Å². The van der Waals surface area contributed by atoms with E-state index in [4.69, 9.17) is 0 Å². The van der Waals surface area contributed by atoms with E-state index in [0.717, 1.165) is 11.1 Å². The molecule has 1 saturated carbocycles. The topological polar surface area (TPSA) is 26.3 Å². The van der Waals surface area contributed by atoms with Crippen LogP contribution in [0.1, 0.15) is 42.9 Å². The third kappa shape index (κ3) is 3.52. The molecule has 0 heterocycles. The minimum Gasteiger partial charge on any atom is -0.784 e. The van der Waals surface area contributed by atoms with Gasteiger partial charge in [-0.3, -0.25) is 0 Å². The fraction of sp³-hybridized carbons (Fsp3) is 0.368. The van der Waals surface area contributed by atoms with Crippen molar-refractivity contribution in [3.05, 3.63) is 77.0 Å². The highest BCUT2D eigenvalue weighted by molar-refractivity contribution is 5.22. The quantitative estimate of drug-likeness (QED) is 0.727. The molecule has 1 aliphatic carbocycles. The van der Waals surface area contributed by atoms with E-state index in [9.17, 15) is 5.21 Å². The molecule has 2 aromatic carbocycles. The van der Waals surface area contributed by atoms with E-state index in [0.29, 0.717) is 12.5 Å². The Morgan fingerprint density at radius 3 is 2.10 bits per heavy atom. The molecule has 2 nitrogen and oxygen atoms in total. The molecule has 0 saturated heterocycles. The van der Waals surface area contributed by atoms with Crippen molar-refractivity contribution in [2.75, 3.05) is 0 Å². The monoisotopic (exact) mass is 280 g/mol. The molecule has 0 bridgehead atoms. The smallest absolute Gasteiger partial charge is 0.0262 e. The Labute approximate surface area is 127 Å². The molecule has 1 unspecified atom stereocenters. The molecule has 0 amide bonds. The summed E-state index contributed by atoms with van der Waals surface area (Å²) in [6, 6.07) is 20.3. The Morgan fingerprint density at radius 2 is 1.48 bits per heavy atom. The maximum Gasteiger partial charge on any atom is 0.0262 e. The molecule has 0 spiro atoms. The Balaban J connectivity index is 1.81. The lowest BCUT2D eigenvalue weighted by molar-refractivity contribution is 0.197. The summed E-state index contributed by atoms with van der Waals surface area (Å²) < 4.78 is 0. The zero-order valence-electron chi connectivity index (χ0n) is 12.3. The standard InChI is InChI=1S/C19H22NO/c21-20(15-16-9-3-1-4-10-16)19(18-13-7-8-14-18)17-11-5-2-6-12-17/h1-6,9-12,18-19H,7-8,13-15H2/q-1. The Kier molecular flexibility index (Phi) is 4.69. The Morgan fingerprint density at radius 1 is 0.905 bits per heavy atom. The number of hydrogen-bond donors (Lipinski definition) is 0. The van der Waals surface area contributed by atoms with Crippen LogP contribution >= 0.6 is 0 Å². The van der Waals surface area contributed by atoms with Crippen molar-refractivity contribution >= 4 is 0 Å². The van der Waals surface area contributed by atoms with Crippen LogP contribution in [0, 0.1) is 11.1 Å². The molecule has 0 radical (unpaired) electrons. The second-order valence-electron chi connectivity index (χ2n) is 5.96. The summed E-state index contributed by atoms with van der Waals surface area (Å²) in [5, 5.41) is 14.1. The molecule has 2 aromatic rings.